The molecule has 0 aliphatic carbocycles. The molecule has 2 heterocycles. The fourth-order valence-corrected chi connectivity index (χ4v) is 4.04. The Morgan fingerprint density at radius 2 is 2.20 bits per heavy atom. The van der Waals surface area contributed by atoms with E-state index in [4.69, 9.17) is 5.11 Å². The van der Waals surface area contributed by atoms with Crippen LogP contribution in [0.5, 0.6) is 0 Å². The molecule has 7 nitrogen and oxygen atoms in total. The molecule has 0 amide bonds. The van der Waals surface area contributed by atoms with E-state index in [0.29, 0.717) is 5.82 Å². The molecular formula is C11H13N3O4S2. The van der Waals surface area contributed by atoms with E-state index in [2.05, 4.69) is 4.98 Å². The second kappa shape index (κ2) is 5.35. The smallest absolute Gasteiger partial charge is 0.345 e. The number of rotatable bonds is 5. The number of nitrogens with zero attached hydrogens (tertiary/aromatic N) is 3. The third kappa shape index (κ3) is 2.74. The van der Waals surface area contributed by atoms with Crippen molar-refractivity contribution < 1.29 is 18.3 Å². The molecule has 108 valence electrons. The standard InChI is InChI=1S/C11H13N3O4S2/c1-13-6-5-12-9(13)7-14(2)20(17,18)10-4-3-8(19-10)11(15)16/h3-6H,7H2,1-2H3,(H,15,16). The van der Waals surface area contributed by atoms with E-state index in [0.717, 1.165) is 15.6 Å². The van der Waals surface area contributed by atoms with Gasteiger partial charge in [-0.05, 0) is 12.1 Å². The Bertz CT molecular complexity index is 732. The van der Waals surface area contributed by atoms with Crippen LogP contribution in [0.15, 0.2) is 28.7 Å². The summed E-state index contributed by atoms with van der Waals surface area (Å²) in [5.41, 5.74) is 0. The molecule has 9 heteroatoms. The van der Waals surface area contributed by atoms with Crippen LogP contribution in [-0.2, 0) is 23.6 Å². The molecule has 0 saturated carbocycles. The lowest BCUT2D eigenvalue weighted by molar-refractivity contribution is 0.0702. The third-order valence-electron chi connectivity index (χ3n) is 2.74. The van der Waals surface area contributed by atoms with Gasteiger partial charge in [0.05, 0.1) is 6.54 Å². The van der Waals surface area contributed by atoms with E-state index in [9.17, 15) is 13.2 Å². The van der Waals surface area contributed by atoms with Crippen LogP contribution in [0.1, 0.15) is 15.5 Å². The number of thiophene rings is 1. The van der Waals surface area contributed by atoms with Crippen molar-refractivity contribution in [1.29, 1.82) is 0 Å². The van der Waals surface area contributed by atoms with Crippen LogP contribution in [0.2, 0.25) is 0 Å². The van der Waals surface area contributed by atoms with Gasteiger partial charge in [0.1, 0.15) is 14.9 Å². The first-order valence-electron chi connectivity index (χ1n) is 5.58. The second-order valence-electron chi connectivity index (χ2n) is 4.14. The SMILES string of the molecule is CN(Cc1nccn1C)S(=O)(=O)c1ccc(C(=O)O)s1. The first-order chi connectivity index (χ1) is 9.32. The number of hydrogen-bond donors (Lipinski definition) is 1. The highest BCUT2D eigenvalue weighted by Gasteiger charge is 2.25. The number of aromatic nitrogens is 2. The fraction of sp³-hybridized carbons (Fsp3) is 0.273. The molecule has 0 aliphatic heterocycles. The molecule has 20 heavy (non-hydrogen) atoms. The Balaban J connectivity index is 2.25. The Labute approximate surface area is 120 Å². The van der Waals surface area contributed by atoms with Crippen LogP contribution in [-0.4, -0.2) is 40.4 Å². The molecule has 0 saturated heterocycles. The van der Waals surface area contributed by atoms with Gasteiger partial charge in [-0.15, -0.1) is 11.3 Å². The van der Waals surface area contributed by atoms with E-state index in [-0.39, 0.29) is 15.6 Å². The Morgan fingerprint density at radius 3 is 2.70 bits per heavy atom. The van der Waals surface area contributed by atoms with Crippen LogP contribution < -0.4 is 0 Å². The molecule has 0 fully saturated rings. The summed E-state index contributed by atoms with van der Waals surface area (Å²) in [5.74, 6) is -0.533. The lowest BCUT2D eigenvalue weighted by Gasteiger charge is -2.15. The first-order valence-corrected chi connectivity index (χ1v) is 7.83. The van der Waals surface area contributed by atoms with E-state index in [1.807, 2.05) is 0 Å². The summed E-state index contributed by atoms with van der Waals surface area (Å²) >= 11 is 0.737. The minimum absolute atomic E-state index is 0.00559. The van der Waals surface area contributed by atoms with Gasteiger partial charge in [-0.25, -0.2) is 18.2 Å². The van der Waals surface area contributed by atoms with Crippen LogP contribution in [0.25, 0.3) is 0 Å². The summed E-state index contributed by atoms with van der Waals surface area (Å²) in [4.78, 5) is 14.9. The number of imidazole rings is 1. The van der Waals surface area contributed by atoms with Crippen molar-refractivity contribution in [1.82, 2.24) is 13.9 Å². The number of hydrogen-bond acceptors (Lipinski definition) is 5. The lowest BCUT2D eigenvalue weighted by Crippen LogP contribution is -2.27. The highest BCUT2D eigenvalue weighted by atomic mass is 32.2. The predicted molar refractivity (Wildman–Crippen MR) is 73.1 cm³/mol. The number of sulfonamides is 1. The number of aryl methyl sites for hydroxylation is 1. The van der Waals surface area contributed by atoms with Crippen molar-refractivity contribution in [3.63, 3.8) is 0 Å². The normalized spacial score (nSPS) is 11.9. The summed E-state index contributed by atoms with van der Waals surface area (Å²) in [7, 11) is -0.500. The van der Waals surface area contributed by atoms with Gasteiger partial charge in [0.2, 0.25) is 0 Å². The topological polar surface area (TPSA) is 92.5 Å². The fourth-order valence-electron chi connectivity index (χ4n) is 1.56. The Kier molecular flexibility index (Phi) is 3.93. The molecule has 0 spiro atoms. The summed E-state index contributed by atoms with van der Waals surface area (Å²) in [6.45, 7) is 0.117. The maximum atomic E-state index is 12.3. The monoisotopic (exact) mass is 315 g/mol. The summed E-state index contributed by atoms with van der Waals surface area (Å²) in [5, 5.41) is 8.83. The Morgan fingerprint density at radius 1 is 1.50 bits per heavy atom. The van der Waals surface area contributed by atoms with Gasteiger partial charge in [0.15, 0.2) is 0 Å². The molecule has 2 aromatic heterocycles. The van der Waals surface area contributed by atoms with Crippen LogP contribution in [0, 0.1) is 0 Å². The predicted octanol–water partition coefficient (Wildman–Crippen LogP) is 1.00. The number of carboxylic acids is 1. The maximum Gasteiger partial charge on any atom is 0.345 e. The van der Waals surface area contributed by atoms with E-state index in [1.165, 1.54) is 19.2 Å². The lowest BCUT2D eigenvalue weighted by atomic mass is 10.5. The molecule has 0 radical (unpaired) electrons. The van der Waals surface area contributed by atoms with Crippen LogP contribution in [0.4, 0.5) is 0 Å². The zero-order chi connectivity index (χ0) is 14.9. The average molecular weight is 315 g/mol. The van der Waals surface area contributed by atoms with Gasteiger partial charge in [0, 0.05) is 26.5 Å². The van der Waals surface area contributed by atoms with Gasteiger partial charge >= 0.3 is 5.97 Å². The molecule has 0 unspecified atom stereocenters. The van der Waals surface area contributed by atoms with Crippen LogP contribution in [0.3, 0.4) is 0 Å². The summed E-state index contributed by atoms with van der Waals surface area (Å²) < 4.78 is 27.5. The molecular weight excluding hydrogens is 302 g/mol. The Hall–Kier alpha value is -1.71. The van der Waals surface area contributed by atoms with E-state index >= 15 is 0 Å². The molecule has 0 aliphatic rings. The highest BCUT2D eigenvalue weighted by Crippen LogP contribution is 2.25. The average Bonchev–Trinajstić information content (AvgIpc) is 2.99. The van der Waals surface area contributed by atoms with Gasteiger partial charge in [-0.1, -0.05) is 0 Å². The zero-order valence-electron chi connectivity index (χ0n) is 10.8. The van der Waals surface area contributed by atoms with Crippen molar-refractivity contribution in [2.75, 3.05) is 7.05 Å². The van der Waals surface area contributed by atoms with Crippen LogP contribution >= 0.6 is 11.3 Å². The molecule has 0 aromatic carbocycles. The number of aromatic carboxylic acids is 1. The van der Waals surface area contributed by atoms with Crippen molar-refractivity contribution in [2.24, 2.45) is 7.05 Å². The number of carboxylic acid groups (broad SMARTS) is 1. The molecule has 0 bridgehead atoms. The number of carbonyl (C=O) groups is 1. The van der Waals surface area contributed by atoms with Gasteiger partial charge in [-0.2, -0.15) is 4.31 Å². The molecule has 2 rings (SSSR count). The largest absolute Gasteiger partial charge is 0.477 e. The minimum atomic E-state index is -3.71. The molecule has 2 aromatic rings. The van der Waals surface area contributed by atoms with Crippen molar-refractivity contribution >= 4 is 27.3 Å². The molecule has 0 atom stereocenters. The zero-order valence-corrected chi connectivity index (χ0v) is 12.5. The second-order valence-corrected chi connectivity index (χ2v) is 7.49. The summed E-state index contributed by atoms with van der Waals surface area (Å²) in [6, 6.07) is 2.59. The van der Waals surface area contributed by atoms with E-state index < -0.39 is 16.0 Å². The quantitative estimate of drug-likeness (QED) is 0.888. The van der Waals surface area contributed by atoms with Crippen molar-refractivity contribution in [2.45, 2.75) is 10.8 Å². The maximum absolute atomic E-state index is 12.3. The van der Waals surface area contributed by atoms with Crippen molar-refractivity contribution in [3.05, 3.63) is 35.2 Å². The third-order valence-corrected chi connectivity index (χ3v) is 6.09. The van der Waals surface area contributed by atoms with Crippen molar-refractivity contribution in [3.8, 4) is 0 Å². The van der Waals surface area contributed by atoms with Gasteiger partial charge in [0.25, 0.3) is 10.0 Å². The first kappa shape index (κ1) is 14.7. The van der Waals surface area contributed by atoms with Gasteiger partial charge < -0.3 is 9.67 Å². The highest BCUT2D eigenvalue weighted by molar-refractivity contribution is 7.91. The molecule has 1 N–H and O–H groups in total. The van der Waals surface area contributed by atoms with Gasteiger partial charge in [-0.3, -0.25) is 0 Å². The minimum Gasteiger partial charge on any atom is -0.477 e. The summed E-state index contributed by atoms with van der Waals surface area (Å²) in [6.07, 6.45) is 3.31. The van der Waals surface area contributed by atoms with E-state index in [1.54, 1.807) is 24.0 Å².